The van der Waals surface area contributed by atoms with Crippen molar-refractivity contribution in [2.75, 3.05) is 24.5 Å². The van der Waals surface area contributed by atoms with E-state index in [1.807, 2.05) is 17.9 Å². The molecule has 3 saturated heterocycles. The van der Waals surface area contributed by atoms with Crippen LogP contribution in [0.1, 0.15) is 40.5 Å². The summed E-state index contributed by atoms with van der Waals surface area (Å²) < 4.78 is 28.8. The molecule has 0 saturated carbocycles. The monoisotopic (exact) mass is 445 g/mol. The fourth-order valence-electron chi connectivity index (χ4n) is 5.01. The number of amides is 1. The van der Waals surface area contributed by atoms with Crippen LogP contribution in [-0.2, 0) is 7.05 Å². The predicted molar refractivity (Wildman–Crippen MR) is 116 cm³/mol. The predicted octanol–water partition coefficient (Wildman–Crippen LogP) is 1.46. The van der Waals surface area contributed by atoms with Crippen LogP contribution in [0.2, 0.25) is 0 Å². The molecule has 4 N–H and O–H groups in total. The van der Waals surface area contributed by atoms with E-state index < -0.39 is 5.92 Å². The summed E-state index contributed by atoms with van der Waals surface area (Å²) in [5, 5.41) is 11.0. The second-order valence-electron chi connectivity index (χ2n) is 9.09. The summed E-state index contributed by atoms with van der Waals surface area (Å²) in [6, 6.07) is 7.28. The van der Waals surface area contributed by atoms with Gasteiger partial charge in [0.25, 0.3) is 11.8 Å². The van der Waals surface area contributed by atoms with Gasteiger partial charge in [-0.1, -0.05) is 0 Å². The standard InChI is InChI=1S/C22H29F2N7O/c1-13-17(10-26-30(13)2)18-9-16-19(11-25-18)28-29-20(16)27-21(32)14-3-5-15(6-4-14)31-8-7-22(23,24)12-31/h3-6,10,16,18-20,25,28-29H,7-9,11-12H2,1-2H3,(H,27,32). The van der Waals surface area contributed by atoms with E-state index in [-0.39, 0.29) is 43.0 Å². The van der Waals surface area contributed by atoms with E-state index >= 15 is 0 Å². The van der Waals surface area contributed by atoms with Crippen molar-refractivity contribution in [1.29, 1.82) is 0 Å². The lowest BCUT2D eigenvalue weighted by Crippen LogP contribution is -2.49. The third-order valence-electron chi connectivity index (χ3n) is 7.06. The highest BCUT2D eigenvalue weighted by Gasteiger charge is 2.42. The number of carbonyl (C=O) groups excluding carboxylic acids is 1. The number of aromatic nitrogens is 2. The van der Waals surface area contributed by atoms with Gasteiger partial charge in [0.2, 0.25) is 0 Å². The Hall–Kier alpha value is -2.56. The Balaban J connectivity index is 1.23. The molecule has 4 atom stereocenters. The molecule has 0 aliphatic carbocycles. The average molecular weight is 446 g/mol. The Morgan fingerprint density at radius 2 is 2.03 bits per heavy atom. The highest BCUT2D eigenvalue weighted by molar-refractivity contribution is 5.94. The Labute approximate surface area is 185 Å². The fraction of sp³-hybridized carbons (Fsp3) is 0.545. The molecule has 0 spiro atoms. The number of hydrogen-bond acceptors (Lipinski definition) is 6. The van der Waals surface area contributed by atoms with Crippen LogP contribution in [0, 0.1) is 12.8 Å². The molecule has 1 aromatic heterocycles. The molecular formula is C22H29F2N7O. The minimum absolute atomic E-state index is 0.132. The van der Waals surface area contributed by atoms with Crippen LogP contribution in [0.4, 0.5) is 14.5 Å². The SMILES string of the molecule is Cc1c(C2CC3C(CN2)NNC3NC(=O)c2ccc(N3CCC(F)(F)C3)cc2)cnn1C. The first-order valence-electron chi connectivity index (χ1n) is 11.1. The van der Waals surface area contributed by atoms with Crippen molar-refractivity contribution >= 4 is 11.6 Å². The van der Waals surface area contributed by atoms with E-state index in [4.69, 9.17) is 0 Å². The first-order chi connectivity index (χ1) is 15.3. The third kappa shape index (κ3) is 3.98. The zero-order valence-corrected chi connectivity index (χ0v) is 18.2. The van der Waals surface area contributed by atoms with Crippen LogP contribution >= 0.6 is 0 Å². The maximum atomic E-state index is 13.5. The van der Waals surface area contributed by atoms with Crippen LogP contribution in [0.25, 0.3) is 0 Å². The summed E-state index contributed by atoms with van der Waals surface area (Å²) in [5.74, 6) is -2.61. The average Bonchev–Trinajstić information content (AvgIpc) is 3.45. The zero-order chi connectivity index (χ0) is 22.5. The van der Waals surface area contributed by atoms with Gasteiger partial charge in [-0.25, -0.2) is 14.2 Å². The Kier molecular flexibility index (Phi) is 5.39. The summed E-state index contributed by atoms with van der Waals surface area (Å²) in [5.41, 5.74) is 10.1. The van der Waals surface area contributed by atoms with Crippen LogP contribution in [0.3, 0.4) is 0 Å². The zero-order valence-electron chi connectivity index (χ0n) is 18.2. The lowest BCUT2D eigenvalue weighted by molar-refractivity contribution is 0.0257. The Morgan fingerprint density at radius 1 is 1.25 bits per heavy atom. The van der Waals surface area contributed by atoms with Crippen molar-refractivity contribution in [3.63, 3.8) is 0 Å². The number of nitrogens with zero attached hydrogens (tertiary/aromatic N) is 3. The normalized spacial score (nSPS) is 29.2. The number of rotatable bonds is 4. The summed E-state index contributed by atoms with van der Waals surface area (Å²) in [4.78, 5) is 14.5. The Bertz CT molecular complexity index is 993. The maximum Gasteiger partial charge on any atom is 0.266 e. The van der Waals surface area contributed by atoms with Gasteiger partial charge in [-0.2, -0.15) is 5.10 Å². The van der Waals surface area contributed by atoms with E-state index in [0.717, 1.165) is 18.7 Å². The number of hydrazine groups is 1. The van der Waals surface area contributed by atoms with Gasteiger partial charge in [-0.15, -0.1) is 0 Å². The molecular weight excluding hydrogens is 416 g/mol. The molecule has 172 valence electrons. The third-order valence-corrected chi connectivity index (χ3v) is 7.06. The number of anilines is 1. The van der Waals surface area contributed by atoms with E-state index in [0.29, 0.717) is 17.8 Å². The lowest BCUT2D eigenvalue weighted by Gasteiger charge is -2.34. The first-order valence-corrected chi connectivity index (χ1v) is 11.1. The van der Waals surface area contributed by atoms with Crippen LogP contribution in [0.15, 0.2) is 30.5 Å². The molecule has 3 aliphatic heterocycles. The number of halogens is 2. The van der Waals surface area contributed by atoms with Crippen molar-refractivity contribution in [2.45, 2.75) is 43.9 Å². The van der Waals surface area contributed by atoms with Crippen molar-refractivity contribution in [3.05, 3.63) is 47.3 Å². The summed E-state index contributed by atoms with van der Waals surface area (Å²) in [6.45, 7) is 2.90. The van der Waals surface area contributed by atoms with E-state index in [2.05, 4.69) is 33.5 Å². The van der Waals surface area contributed by atoms with Crippen LogP contribution in [0.5, 0.6) is 0 Å². The van der Waals surface area contributed by atoms with Gasteiger partial charge in [0.15, 0.2) is 0 Å². The highest BCUT2D eigenvalue weighted by atomic mass is 19.3. The molecule has 3 fully saturated rings. The minimum Gasteiger partial charge on any atom is -0.365 e. The van der Waals surface area contributed by atoms with Gasteiger partial charge in [-0.05, 0) is 37.6 Å². The molecule has 5 rings (SSSR count). The number of piperidine rings is 1. The van der Waals surface area contributed by atoms with Gasteiger partial charge in [0, 0.05) is 67.1 Å². The molecule has 0 radical (unpaired) electrons. The molecule has 1 aromatic carbocycles. The molecule has 1 amide bonds. The maximum absolute atomic E-state index is 13.5. The topological polar surface area (TPSA) is 86.2 Å². The number of aryl methyl sites for hydroxylation is 1. The highest BCUT2D eigenvalue weighted by Crippen LogP contribution is 2.33. The van der Waals surface area contributed by atoms with Crippen molar-refractivity contribution in [3.8, 4) is 0 Å². The molecule has 10 heteroatoms. The van der Waals surface area contributed by atoms with Crippen molar-refractivity contribution < 1.29 is 13.6 Å². The summed E-state index contributed by atoms with van der Waals surface area (Å²) in [7, 11) is 1.94. The van der Waals surface area contributed by atoms with Crippen molar-refractivity contribution in [2.24, 2.45) is 13.0 Å². The minimum atomic E-state index is -2.64. The molecule has 0 bridgehead atoms. The smallest absolute Gasteiger partial charge is 0.266 e. The van der Waals surface area contributed by atoms with Gasteiger partial charge in [0.05, 0.1) is 18.9 Å². The van der Waals surface area contributed by atoms with Crippen LogP contribution < -0.4 is 26.4 Å². The fourth-order valence-corrected chi connectivity index (χ4v) is 5.01. The number of benzene rings is 1. The molecule has 32 heavy (non-hydrogen) atoms. The summed E-state index contributed by atoms with van der Waals surface area (Å²) in [6.07, 6.45) is 2.44. The van der Waals surface area contributed by atoms with Gasteiger partial charge in [-0.3, -0.25) is 14.9 Å². The number of fused-ring (bicyclic) bond motifs is 1. The number of nitrogens with one attached hydrogen (secondary N) is 4. The number of alkyl halides is 2. The van der Waals surface area contributed by atoms with Crippen molar-refractivity contribution in [1.82, 2.24) is 31.3 Å². The van der Waals surface area contributed by atoms with E-state index in [9.17, 15) is 13.6 Å². The molecule has 4 unspecified atom stereocenters. The second-order valence-corrected chi connectivity index (χ2v) is 9.09. The molecule has 4 heterocycles. The Morgan fingerprint density at radius 3 is 2.69 bits per heavy atom. The molecule has 8 nitrogen and oxygen atoms in total. The largest absolute Gasteiger partial charge is 0.365 e. The van der Waals surface area contributed by atoms with Crippen LogP contribution in [-0.4, -0.2) is 53.5 Å². The van der Waals surface area contributed by atoms with E-state index in [1.54, 1.807) is 29.2 Å². The van der Waals surface area contributed by atoms with Gasteiger partial charge in [0.1, 0.15) is 0 Å². The molecule has 2 aromatic rings. The van der Waals surface area contributed by atoms with Gasteiger partial charge < -0.3 is 15.5 Å². The quantitative estimate of drug-likeness (QED) is 0.570. The lowest BCUT2D eigenvalue weighted by atomic mass is 9.85. The molecule has 3 aliphatic rings. The number of hydrogen-bond donors (Lipinski definition) is 4. The number of carbonyl (C=O) groups is 1. The second kappa shape index (κ2) is 8.09. The summed E-state index contributed by atoms with van der Waals surface area (Å²) >= 11 is 0. The first kappa shape index (κ1) is 21.3. The van der Waals surface area contributed by atoms with Gasteiger partial charge >= 0.3 is 0 Å². The van der Waals surface area contributed by atoms with E-state index in [1.165, 1.54) is 5.56 Å².